The molecule has 2 saturated heterocycles. The van der Waals surface area contributed by atoms with Crippen molar-refractivity contribution in [2.45, 2.75) is 64.5 Å². The number of aromatic nitrogens is 1. The third-order valence-electron chi connectivity index (χ3n) is 9.44. The van der Waals surface area contributed by atoms with Gasteiger partial charge < -0.3 is 36.3 Å². The molecule has 5 amide bonds. The van der Waals surface area contributed by atoms with Gasteiger partial charge in [-0.1, -0.05) is 19.3 Å². The minimum Gasteiger partial charge on any atom is -0.394 e. The summed E-state index contributed by atoms with van der Waals surface area (Å²) in [6.45, 7) is 9.48. The first-order valence-corrected chi connectivity index (χ1v) is 17.4. The molecule has 1 saturated carbocycles. The number of amides is 5. The summed E-state index contributed by atoms with van der Waals surface area (Å²) in [6, 6.07) is 5.34. The Morgan fingerprint density at radius 3 is 2.49 bits per heavy atom. The molecule has 1 aromatic heterocycles. The molecule has 2 aliphatic heterocycles. The number of fused-ring (bicyclic) bond motifs is 1. The zero-order valence-electron chi connectivity index (χ0n) is 28.7. The molecule has 1 aromatic carbocycles. The highest BCUT2D eigenvalue weighted by Gasteiger charge is 2.27. The number of anilines is 1. The van der Waals surface area contributed by atoms with E-state index >= 15 is 0 Å². The molecule has 0 bridgehead atoms. The van der Waals surface area contributed by atoms with Crippen LogP contribution in [0.5, 0.6) is 0 Å². The van der Waals surface area contributed by atoms with Gasteiger partial charge in [0, 0.05) is 81.5 Å². The number of nitrogens with two attached hydrogens (primary N) is 2. The summed E-state index contributed by atoms with van der Waals surface area (Å²) in [5.74, 6) is -0.230. The second-order valence-electron chi connectivity index (χ2n) is 13.2. The third kappa shape index (κ3) is 9.33. The number of imide groups is 1. The van der Waals surface area contributed by atoms with E-state index in [0.29, 0.717) is 36.8 Å². The lowest BCUT2D eigenvalue weighted by atomic mass is 9.95. The van der Waals surface area contributed by atoms with E-state index in [4.69, 9.17) is 16.2 Å². The summed E-state index contributed by atoms with van der Waals surface area (Å²) in [5.41, 5.74) is 14.3. The molecule has 3 fully saturated rings. The van der Waals surface area contributed by atoms with Crippen LogP contribution in [-0.4, -0.2) is 103 Å². The Kier molecular flexibility index (Phi) is 12.2. The van der Waals surface area contributed by atoms with E-state index in [-0.39, 0.29) is 48.5 Å². The maximum absolute atomic E-state index is 13.2. The van der Waals surface area contributed by atoms with Gasteiger partial charge in [0.1, 0.15) is 0 Å². The van der Waals surface area contributed by atoms with E-state index in [1.54, 1.807) is 18.2 Å². The SMILES string of the molecule is CC(C)n1ccc2c(N3CCC(=O)NC3=O)cc(C(=O)NCCOCCN3CCN(/C(N)=C/C=C(\N)C(=O)NC4CCCCC4)CC3)cc21. The Bertz CT molecular complexity index is 1570. The maximum atomic E-state index is 13.2. The number of hydrogen-bond donors (Lipinski definition) is 5. The predicted molar refractivity (Wildman–Crippen MR) is 189 cm³/mol. The van der Waals surface area contributed by atoms with E-state index < -0.39 is 6.03 Å². The number of hydrogen-bond acceptors (Lipinski definition) is 9. The van der Waals surface area contributed by atoms with Crippen LogP contribution in [0.25, 0.3) is 10.9 Å². The molecule has 14 heteroatoms. The van der Waals surface area contributed by atoms with Gasteiger partial charge >= 0.3 is 6.03 Å². The molecule has 266 valence electrons. The number of rotatable bonds is 13. The minimum absolute atomic E-state index is 0.150. The van der Waals surface area contributed by atoms with Crippen molar-refractivity contribution in [3.8, 4) is 0 Å². The number of carbonyl (C=O) groups excluding carboxylic acids is 4. The van der Waals surface area contributed by atoms with Crippen molar-refractivity contribution in [2.24, 2.45) is 11.5 Å². The predicted octanol–water partition coefficient (Wildman–Crippen LogP) is 2.12. The minimum atomic E-state index is -0.491. The Morgan fingerprint density at radius 1 is 1.02 bits per heavy atom. The molecule has 3 aliphatic rings. The van der Waals surface area contributed by atoms with Gasteiger partial charge in [-0.3, -0.25) is 29.5 Å². The van der Waals surface area contributed by atoms with Gasteiger partial charge in [0.15, 0.2) is 0 Å². The first-order valence-electron chi connectivity index (χ1n) is 17.4. The van der Waals surface area contributed by atoms with Crippen LogP contribution >= 0.6 is 0 Å². The molecule has 0 radical (unpaired) electrons. The molecule has 1 aliphatic carbocycles. The van der Waals surface area contributed by atoms with E-state index in [0.717, 1.165) is 69.3 Å². The lowest BCUT2D eigenvalue weighted by Gasteiger charge is -2.35. The zero-order chi connectivity index (χ0) is 34.9. The molecule has 2 aromatic rings. The second kappa shape index (κ2) is 16.7. The fraction of sp³-hybridized carbons (Fsp3) is 0.543. The summed E-state index contributed by atoms with van der Waals surface area (Å²) in [5, 5.41) is 9.16. The van der Waals surface area contributed by atoms with Crippen molar-refractivity contribution in [1.82, 2.24) is 30.3 Å². The summed E-state index contributed by atoms with van der Waals surface area (Å²) in [4.78, 5) is 55.9. The third-order valence-corrected chi connectivity index (χ3v) is 9.44. The fourth-order valence-corrected chi connectivity index (χ4v) is 6.58. The summed E-state index contributed by atoms with van der Waals surface area (Å²) >= 11 is 0. The number of piperazine rings is 1. The molecular formula is C35H51N9O5. The molecule has 49 heavy (non-hydrogen) atoms. The summed E-state index contributed by atoms with van der Waals surface area (Å²) in [7, 11) is 0. The van der Waals surface area contributed by atoms with Gasteiger partial charge in [-0.15, -0.1) is 0 Å². The molecule has 0 spiro atoms. The molecule has 5 rings (SSSR count). The van der Waals surface area contributed by atoms with E-state index in [2.05, 4.69) is 44.2 Å². The average molecular weight is 678 g/mol. The highest BCUT2D eigenvalue weighted by Crippen LogP contribution is 2.32. The monoisotopic (exact) mass is 677 g/mol. The van der Waals surface area contributed by atoms with Crippen LogP contribution in [0.1, 0.15) is 68.8 Å². The second-order valence-corrected chi connectivity index (χ2v) is 13.2. The van der Waals surface area contributed by atoms with Crippen molar-refractivity contribution in [3.63, 3.8) is 0 Å². The van der Waals surface area contributed by atoms with Crippen LogP contribution in [0, 0.1) is 0 Å². The zero-order valence-corrected chi connectivity index (χ0v) is 28.7. The molecule has 14 nitrogen and oxygen atoms in total. The first kappa shape index (κ1) is 35.7. The summed E-state index contributed by atoms with van der Waals surface area (Å²) < 4.78 is 7.89. The number of carbonyl (C=O) groups is 4. The van der Waals surface area contributed by atoms with Crippen LogP contribution in [0.15, 0.2) is 48.1 Å². The average Bonchev–Trinajstić information content (AvgIpc) is 3.53. The number of ether oxygens (including phenoxy) is 1. The highest BCUT2D eigenvalue weighted by molar-refractivity contribution is 6.11. The van der Waals surface area contributed by atoms with Gasteiger partial charge in [0.05, 0.1) is 35.9 Å². The number of urea groups is 1. The highest BCUT2D eigenvalue weighted by atomic mass is 16.5. The van der Waals surface area contributed by atoms with Crippen LogP contribution in [0.2, 0.25) is 0 Å². The first-order chi connectivity index (χ1) is 23.6. The lowest BCUT2D eigenvalue weighted by molar-refractivity contribution is -0.120. The standard InChI is InChI=1S/C35H51N9O5/c1-24(2)43-13-10-27-29(43)22-25(23-30(27)44-14-11-32(45)40-35(44)48)33(46)38-12-20-49-21-19-41-15-17-42(18-16-41)31(37)9-8-28(36)34(47)39-26-6-4-3-5-7-26/h8-10,13,22-24,26H,3-7,11-12,14-21,36-37H2,1-2H3,(H,38,46)(H,39,47)(H,40,45,48)/b28-8-,31-9+. The number of allylic oxidation sites excluding steroid dienone is 2. The van der Waals surface area contributed by atoms with E-state index in [9.17, 15) is 19.2 Å². The fourth-order valence-electron chi connectivity index (χ4n) is 6.58. The Hall–Kier alpha value is -4.56. The molecule has 0 unspecified atom stereocenters. The molecule has 3 heterocycles. The van der Waals surface area contributed by atoms with E-state index in [1.165, 1.54) is 11.3 Å². The van der Waals surface area contributed by atoms with Crippen LogP contribution in [0.4, 0.5) is 10.5 Å². The number of nitrogens with zero attached hydrogens (tertiary/aromatic N) is 4. The Morgan fingerprint density at radius 2 is 1.78 bits per heavy atom. The van der Waals surface area contributed by atoms with Gasteiger partial charge in [0.25, 0.3) is 11.8 Å². The van der Waals surface area contributed by atoms with Crippen LogP contribution in [-0.2, 0) is 14.3 Å². The topological polar surface area (TPSA) is 180 Å². The largest absolute Gasteiger partial charge is 0.394 e. The van der Waals surface area contributed by atoms with Gasteiger partial charge in [-0.2, -0.15) is 0 Å². The smallest absolute Gasteiger partial charge is 0.328 e. The van der Waals surface area contributed by atoms with Crippen LogP contribution < -0.4 is 32.3 Å². The summed E-state index contributed by atoms with van der Waals surface area (Å²) in [6.07, 6.45) is 10.9. The van der Waals surface area contributed by atoms with Crippen molar-refractivity contribution >= 4 is 40.3 Å². The molecular weight excluding hydrogens is 626 g/mol. The normalized spacial score (nSPS) is 18.7. The number of nitrogens with one attached hydrogen (secondary N) is 3. The molecule has 7 N–H and O–H groups in total. The van der Waals surface area contributed by atoms with Crippen molar-refractivity contribution < 1.29 is 23.9 Å². The number of benzene rings is 1. The van der Waals surface area contributed by atoms with Crippen molar-refractivity contribution in [3.05, 3.63) is 53.6 Å². The Balaban J connectivity index is 1.04. The van der Waals surface area contributed by atoms with E-state index in [1.807, 2.05) is 18.3 Å². The quantitative estimate of drug-likeness (QED) is 0.121. The van der Waals surface area contributed by atoms with Crippen molar-refractivity contribution in [2.75, 3.05) is 63.9 Å². The lowest BCUT2D eigenvalue weighted by Crippen LogP contribution is -2.49. The van der Waals surface area contributed by atoms with Crippen LogP contribution in [0.3, 0.4) is 0 Å². The molecule has 0 atom stereocenters. The van der Waals surface area contributed by atoms with Gasteiger partial charge in [-0.25, -0.2) is 4.79 Å². The maximum Gasteiger partial charge on any atom is 0.328 e. The Labute approximate surface area is 287 Å². The van der Waals surface area contributed by atoms with Gasteiger partial charge in [0.2, 0.25) is 5.91 Å². The van der Waals surface area contributed by atoms with Gasteiger partial charge in [-0.05, 0) is 57.0 Å². The van der Waals surface area contributed by atoms with Crippen molar-refractivity contribution in [1.29, 1.82) is 0 Å².